The molecule has 5 rings (SSSR count). The van der Waals surface area contributed by atoms with Gasteiger partial charge in [0.05, 0.1) is 30.8 Å². The number of ether oxygens (including phenoxy) is 1. The zero-order chi connectivity index (χ0) is 28.8. The SMILES string of the molecule is CCCC(=O)N(c1cnc(-c2cnc(OC)nc2)cn1)C1(NC2N=CC(C#N)=CN2c2ccn(Cl)n2)CCCCC1. The second kappa shape index (κ2) is 12.4. The van der Waals surface area contributed by atoms with Gasteiger partial charge >= 0.3 is 6.01 Å². The molecule has 1 unspecified atom stereocenters. The number of nitrogens with zero attached hydrogens (tertiary/aromatic N) is 10. The molecule has 1 amide bonds. The number of hydrogen-bond donors (Lipinski definition) is 1. The Bertz CT molecular complexity index is 1460. The minimum Gasteiger partial charge on any atom is -0.467 e. The van der Waals surface area contributed by atoms with Crippen molar-refractivity contribution in [3.63, 3.8) is 0 Å². The second-order valence-electron chi connectivity index (χ2n) is 9.75. The van der Waals surface area contributed by atoms with E-state index in [1.54, 1.807) is 53.1 Å². The summed E-state index contributed by atoms with van der Waals surface area (Å²) >= 11 is 6.05. The fourth-order valence-corrected chi connectivity index (χ4v) is 5.26. The predicted octanol–water partition coefficient (Wildman–Crippen LogP) is 3.81. The van der Waals surface area contributed by atoms with Gasteiger partial charge < -0.3 is 4.74 Å². The smallest absolute Gasteiger partial charge is 0.316 e. The van der Waals surface area contributed by atoms with E-state index >= 15 is 0 Å². The lowest BCUT2D eigenvalue weighted by atomic mass is 9.86. The van der Waals surface area contributed by atoms with Crippen LogP contribution in [0.2, 0.25) is 0 Å². The molecule has 1 atom stereocenters. The van der Waals surface area contributed by atoms with Gasteiger partial charge in [0, 0.05) is 60.8 Å². The van der Waals surface area contributed by atoms with E-state index in [-0.39, 0.29) is 11.9 Å². The molecular formula is C27H30ClN11O2. The number of aromatic nitrogens is 6. The highest BCUT2D eigenvalue weighted by molar-refractivity contribution is 6.14. The van der Waals surface area contributed by atoms with Crippen LogP contribution in [0.5, 0.6) is 6.01 Å². The fraction of sp³-hybridized carbons (Fsp3) is 0.407. The van der Waals surface area contributed by atoms with Crippen LogP contribution >= 0.6 is 11.8 Å². The number of nitriles is 1. The van der Waals surface area contributed by atoms with Crippen molar-refractivity contribution in [2.75, 3.05) is 16.9 Å². The number of halogens is 1. The summed E-state index contributed by atoms with van der Waals surface area (Å²) in [6, 6.07) is 4.12. The summed E-state index contributed by atoms with van der Waals surface area (Å²) in [6.45, 7) is 1.97. The molecule has 0 radical (unpaired) electrons. The number of anilines is 2. The minimum atomic E-state index is -0.814. The van der Waals surface area contributed by atoms with Crippen molar-refractivity contribution in [2.24, 2.45) is 4.99 Å². The summed E-state index contributed by atoms with van der Waals surface area (Å²) in [7, 11) is 1.50. The van der Waals surface area contributed by atoms with Crippen LogP contribution in [-0.4, -0.2) is 60.4 Å². The van der Waals surface area contributed by atoms with E-state index in [0.717, 1.165) is 19.3 Å². The molecule has 1 aliphatic heterocycles. The van der Waals surface area contributed by atoms with Gasteiger partial charge in [-0.15, -0.1) is 5.10 Å². The van der Waals surface area contributed by atoms with Gasteiger partial charge in [0.1, 0.15) is 11.7 Å². The first-order valence-corrected chi connectivity index (χ1v) is 13.7. The first-order chi connectivity index (χ1) is 20.0. The van der Waals surface area contributed by atoms with Crippen molar-refractivity contribution in [3.05, 3.63) is 48.8 Å². The van der Waals surface area contributed by atoms with Crippen molar-refractivity contribution in [2.45, 2.75) is 63.8 Å². The number of rotatable bonds is 9. The fourth-order valence-electron chi connectivity index (χ4n) is 5.12. The zero-order valence-electron chi connectivity index (χ0n) is 22.8. The Kier molecular flexibility index (Phi) is 8.51. The van der Waals surface area contributed by atoms with Gasteiger partial charge in [-0.25, -0.2) is 15.0 Å². The molecular weight excluding hydrogens is 546 g/mol. The number of aliphatic imine (C=N–C) groups is 1. The lowest BCUT2D eigenvalue weighted by molar-refractivity contribution is -0.120. The highest BCUT2D eigenvalue weighted by Crippen LogP contribution is 2.37. The molecule has 41 heavy (non-hydrogen) atoms. The number of amides is 1. The molecule has 3 aromatic heterocycles. The maximum absolute atomic E-state index is 13.8. The van der Waals surface area contributed by atoms with E-state index < -0.39 is 12.0 Å². The highest BCUT2D eigenvalue weighted by atomic mass is 35.5. The maximum Gasteiger partial charge on any atom is 0.316 e. The quantitative estimate of drug-likeness (QED) is 0.373. The van der Waals surface area contributed by atoms with Crippen LogP contribution in [0.3, 0.4) is 0 Å². The van der Waals surface area contributed by atoms with E-state index in [4.69, 9.17) is 21.5 Å². The van der Waals surface area contributed by atoms with Crippen LogP contribution in [-0.2, 0) is 4.79 Å². The van der Waals surface area contributed by atoms with Crippen LogP contribution in [0.15, 0.2) is 53.8 Å². The van der Waals surface area contributed by atoms with Crippen LogP contribution in [0.4, 0.5) is 11.6 Å². The second-order valence-corrected chi connectivity index (χ2v) is 10.1. The summed E-state index contributed by atoms with van der Waals surface area (Å²) in [5, 5.41) is 17.5. The van der Waals surface area contributed by atoms with Crippen LogP contribution < -0.4 is 19.9 Å². The Morgan fingerprint density at radius 3 is 2.59 bits per heavy atom. The van der Waals surface area contributed by atoms with Crippen molar-refractivity contribution in [1.82, 2.24) is 34.6 Å². The molecule has 0 spiro atoms. The molecule has 0 bridgehead atoms. The first kappa shape index (κ1) is 28.1. The third kappa shape index (κ3) is 6.03. The number of hydrogen-bond acceptors (Lipinski definition) is 11. The summed E-state index contributed by atoms with van der Waals surface area (Å²) in [4.78, 5) is 39.5. The van der Waals surface area contributed by atoms with Crippen LogP contribution in [0, 0.1) is 11.3 Å². The largest absolute Gasteiger partial charge is 0.467 e. The first-order valence-electron chi connectivity index (χ1n) is 13.4. The Balaban J connectivity index is 1.51. The Hall–Kier alpha value is -4.41. The number of methoxy groups -OCH3 is 1. The van der Waals surface area contributed by atoms with Crippen molar-refractivity contribution < 1.29 is 9.53 Å². The lowest BCUT2D eigenvalue weighted by Crippen LogP contribution is -2.67. The molecule has 2 aliphatic rings. The molecule has 1 saturated carbocycles. The van der Waals surface area contributed by atoms with Gasteiger partial charge in [-0.1, -0.05) is 13.3 Å². The van der Waals surface area contributed by atoms with E-state index in [0.29, 0.717) is 54.1 Å². The molecule has 212 valence electrons. The van der Waals surface area contributed by atoms with Crippen molar-refractivity contribution in [1.29, 1.82) is 5.26 Å². The standard InChI is InChI=1S/C27H30ClN11O2/c1-3-7-24(40)39(23-17-30-21(16-31-23)20-14-33-26(41-2)34-15-20)27(9-5-4-6-10-27)35-25-32-13-19(12-29)18-37(25)22-8-11-38(28)36-22/h8,11,13-18,25,35H,3-7,9-10H2,1-2H3. The molecule has 0 aromatic carbocycles. The summed E-state index contributed by atoms with van der Waals surface area (Å²) < 4.78 is 6.21. The van der Waals surface area contributed by atoms with Gasteiger partial charge in [0.2, 0.25) is 5.91 Å². The molecule has 1 fully saturated rings. The van der Waals surface area contributed by atoms with Crippen LogP contribution in [0.25, 0.3) is 11.3 Å². The Morgan fingerprint density at radius 1 is 1.20 bits per heavy atom. The van der Waals surface area contributed by atoms with Gasteiger partial charge in [-0.3, -0.25) is 29.9 Å². The van der Waals surface area contributed by atoms with Gasteiger partial charge in [0.25, 0.3) is 0 Å². The number of carbonyl (C=O) groups excluding carboxylic acids is 1. The molecule has 3 aromatic rings. The van der Waals surface area contributed by atoms with E-state index in [1.807, 2.05) is 6.92 Å². The lowest BCUT2D eigenvalue weighted by Gasteiger charge is -2.48. The summed E-state index contributed by atoms with van der Waals surface area (Å²) in [5.41, 5.74) is 0.797. The average Bonchev–Trinajstić information content (AvgIpc) is 3.44. The van der Waals surface area contributed by atoms with Gasteiger partial charge in [0.15, 0.2) is 17.9 Å². The minimum absolute atomic E-state index is 0.0682. The topological polar surface area (TPSA) is 150 Å². The van der Waals surface area contributed by atoms with Crippen molar-refractivity contribution in [3.8, 4) is 23.3 Å². The third-order valence-electron chi connectivity index (χ3n) is 7.03. The monoisotopic (exact) mass is 575 g/mol. The zero-order valence-corrected chi connectivity index (χ0v) is 23.6. The highest BCUT2D eigenvalue weighted by Gasteiger charge is 2.45. The summed E-state index contributed by atoms with van der Waals surface area (Å²) in [5.74, 6) is 0.868. The van der Waals surface area contributed by atoms with Crippen molar-refractivity contribution >= 4 is 35.5 Å². The number of nitrogens with one attached hydrogen (secondary N) is 1. The Labute approximate surface area is 242 Å². The molecule has 13 nitrogen and oxygen atoms in total. The molecule has 0 saturated heterocycles. The molecule has 1 N–H and O–H groups in total. The Morgan fingerprint density at radius 2 is 1.98 bits per heavy atom. The van der Waals surface area contributed by atoms with Gasteiger partial charge in [-0.2, -0.15) is 9.46 Å². The molecule has 1 aliphatic carbocycles. The molecule has 14 heteroatoms. The average molecular weight is 576 g/mol. The number of allylic oxidation sites excluding steroid dienone is 1. The summed E-state index contributed by atoms with van der Waals surface area (Å²) in [6.07, 6.45) is 15.8. The third-order valence-corrected chi connectivity index (χ3v) is 7.22. The van der Waals surface area contributed by atoms with E-state index in [2.05, 4.69) is 36.4 Å². The van der Waals surface area contributed by atoms with Crippen LogP contribution in [0.1, 0.15) is 51.9 Å². The maximum atomic E-state index is 13.8. The predicted molar refractivity (Wildman–Crippen MR) is 153 cm³/mol. The normalized spacial score (nSPS) is 18.0. The number of carbonyl (C=O) groups is 1. The van der Waals surface area contributed by atoms with Gasteiger partial charge in [-0.05, 0) is 32.1 Å². The van der Waals surface area contributed by atoms with E-state index in [1.165, 1.54) is 17.5 Å². The van der Waals surface area contributed by atoms with E-state index in [9.17, 15) is 10.1 Å². The molecule has 4 heterocycles.